The largest absolute Gasteiger partial charge is 0.392 e. The van der Waals surface area contributed by atoms with Crippen molar-refractivity contribution in [3.63, 3.8) is 0 Å². The van der Waals surface area contributed by atoms with Gasteiger partial charge in [0.25, 0.3) is 0 Å². The molecule has 0 heterocycles. The van der Waals surface area contributed by atoms with Crippen molar-refractivity contribution in [3.8, 4) is 0 Å². The Bertz CT molecular complexity index is 445. The van der Waals surface area contributed by atoms with Gasteiger partial charge < -0.3 is 15.4 Å². The zero-order chi connectivity index (χ0) is 18.2. The van der Waals surface area contributed by atoms with E-state index in [9.17, 15) is 9.59 Å². The van der Waals surface area contributed by atoms with Crippen LogP contribution in [0.2, 0.25) is 0 Å². The van der Waals surface area contributed by atoms with Crippen LogP contribution in [-0.4, -0.2) is 36.4 Å². The van der Waals surface area contributed by atoms with E-state index in [0.717, 1.165) is 19.3 Å². The third-order valence-electron chi connectivity index (χ3n) is 3.34. The summed E-state index contributed by atoms with van der Waals surface area (Å²) >= 11 is 0. The molecule has 0 aromatic heterocycles. The Balaban J connectivity index is 3.66. The third kappa shape index (κ3) is 13.5. The third-order valence-corrected chi connectivity index (χ3v) is 3.34. The highest BCUT2D eigenvalue weighted by Gasteiger charge is 2.13. The molecule has 0 bridgehead atoms. The van der Waals surface area contributed by atoms with Gasteiger partial charge in [0.2, 0.25) is 0 Å². The number of hydrogen-bond donors (Lipinski definition) is 2. The smallest absolute Gasteiger partial charge is 0.333 e. The minimum atomic E-state index is -0.693. The van der Waals surface area contributed by atoms with Crippen molar-refractivity contribution in [1.29, 1.82) is 5.41 Å². The van der Waals surface area contributed by atoms with Gasteiger partial charge in [-0.3, -0.25) is 10.2 Å². The fourth-order valence-electron chi connectivity index (χ4n) is 1.87. The molecular weight excluding hydrogens is 306 g/mol. The summed E-state index contributed by atoms with van der Waals surface area (Å²) in [5.41, 5.74) is 5.20. The summed E-state index contributed by atoms with van der Waals surface area (Å²) in [4.78, 5) is 24.1. The highest BCUT2D eigenvalue weighted by molar-refractivity contribution is 5.88. The Hall–Kier alpha value is -2.11. The lowest BCUT2D eigenvalue weighted by molar-refractivity contribution is -0.159. The molecule has 0 saturated heterocycles. The lowest BCUT2D eigenvalue weighted by atomic mass is 10.2. The molecule has 0 fully saturated rings. The number of unbranched alkanes of at least 4 members (excludes halogenated alkanes) is 4. The Morgan fingerprint density at radius 2 is 1.67 bits per heavy atom. The van der Waals surface area contributed by atoms with Gasteiger partial charge in [-0.25, -0.2) is 4.79 Å². The van der Waals surface area contributed by atoms with Crippen molar-refractivity contribution in [1.82, 2.24) is 4.90 Å². The fraction of sp³-hybridized carbons (Fsp3) is 0.611. The first kappa shape index (κ1) is 21.9. The minimum absolute atomic E-state index is 0.201. The van der Waals surface area contributed by atoms with Gasteiger partial charge in [0.1, 0.15) is 6.54 Å². The van der Waals surface area contributed by atoms with Crippen molar-refractivity contribution in [2.75, 3.05) is 13.6 Å². The number of ether oxygens (including phenoxy) is 1. The summed E-state index contributed by atoms with van der Waals surface area (Å²) in [6.07, 6.45) is 15.9. The Morgan fingerprint density at radius 3 is 2.25 bits per heavy atom. The summed E-state index contributed by atoms with van der Waals surface area (Å²) in [7, 11) is 1.48. The summed E-state index contributed by atoms with van der Waals surface area (Å²) < 4.78 is 4.66. The predicted molar refractivity (Wildman–Crippen MR) is 96.5 cm³/mol. The van der Waals surface area contributed by atoms with E-state index < -0.39 is 11.9 Å². The number of hydrogen-bond acceptors (Lipinski definition) is 4. The van der Waals surface area contributed by atoms with E-state index in [2.05, 4.69) is 29.9 Å². The van der Waals surface area contributed by atoms with Gasteiger partial charge in [0.05, 0.1) is 0 Å². The van der Waals surface area contributed by atoms with Crippen LogP contribution >= 0.6 is 0 Å². The van der Waals surface area contributed by atoms with E-state index >= 15 is 0 Å². The van der Waals surface area contributed by atoms with Gasteiger partial charge in [-0.2, -0.15) is 0 Å². The highest BCUT2D eigenvalue weighted by atomic mass is 16.6. The monoisotopic (exact) mass is 337 g/mol. The Kier molecular flexibility index (Phi) is 13.2. The molecule has 0 spiro atoms. The molecule has 0 aliphatic rings. The summed E-state index contributed by atoms with van der Waals surface area (Å²) in [5, 5.41) is 7.12. The quantitative estimate of drug-likeness (QED) is 0.142. The molecule has 3 N–H and O–H groups in total. The summed E-state index contributed by atoms with van der Waals surface area (Å²) in [5.74, 6) is -1.48. The molecule has 0 rings (SSSR count). The van der Waals surface area contributed by atoms with E-state index in [4.69, 9.17) is 11.1 Å². The Morgan fingerprint density at radius 1 is 1.04 bits per heavy atom. The number of guanidine groups is 1. The molecule has 0 unspecified atom stereocenters. The van der Waals surface area contributed by atoms with Crippen LogP contribution in [0.5, 0.6) is 0 Å². The average Bonchev–Trinajstić information content (AvgIpc) is 2.52. The summed E-state index contributed by atoms with van der Waals surface area (Å²) in [6.45, 7) is 1.99. The second kappa shape index (κ2) is 14.5. The Labute approximate surface area is 145 Å². The normalized spacial score (nSPS) is 11.1. The van der Waals surface area contributed by atoms with Crippen LogP contribution in [0, 0.1) is 5.41 Å². The number of esters is 2. The van der Waals surface area contributed by atoms with Crippen LogP contribution in [0.15, 0.2) is 24.3 Å². The van der Waals surface area contributed by atoms with E-state index in [1.807, 2.05) is 6.08 Å². The van der Waals surface area contributed by atoms with Gasteiger partial charge in [-0.1, -0.05) is 44.1 Å². The molecule has 0 aromatic carbocycles. The fourth-order valence-corrected chi connectivity index (χ4v) is 1.87. The molecule has 6 heteroatoms. The number of likely N-dealkylation sites (N-methyl/N-ethyl adjacent to an activating group) is 1. The molecule has 24 heavy (non-hydrogen) atoms. The molecule has 136 valence electrons. The topological polar surface area (TPSA) is 96.5 Å². The minimum Gasteiger partial charge on any atom is -0.392 e. The number of nitrogens with one attached hydrogen (secondary N) is 1. The van der Waals surface area contributed by atoms with Crippen LogP contribution < -0.4 is 5.73 Å². The van der Waals surface area contributed by atoms with E-state index in [-0.39, 0.29) is 18.9 Å². The highest BCUT2D eigenvalue weighted by Crippen LogP contribution is 2.02. The first-order valence-electron chi connectivity index (χ1n) is 8.56. The van der Waals surface area contributed by atoms with Crippen LogP contribution in [-0.2, 0) is 14.3 Å². The van der Waals surface area contributed by atoms with Crippen molar-refractivity contribution in [2.45, 2.75) is 58.3 Å². The average molecular weight is 337 g/mol. The standard InChI is InChI=1S/C18H31N3O3/c1-3-4-5-6-7-8-9-10-11-12-13-14-16(22)24-17(23)15-21(2)18(19)20/h7-8,10-11H,3-6,9,12-15H2,1-2H3,(H3,19,20). The van der Waals surface area contributed by atoms with Gasteiger partial charge in [-0.05, 0) is 32.1 Å². The predicted octanol–water partition coefficient (Wildman–Crippen LogP) is 3.13. The van der Waals surface area contributed by atoms with Gasteiger partial charge in [-0.15, -0.1) is 0 Å². The number of rotatable bonds is 12. The first-order valence-corrected chi connectivity index (χ1v) is 8.56. The molecule has 0 atom stereocenters. The molecule has 0 aliphatic heterocycles. The van der Waals surface area contributed by atoms with Crippen molar-refractivity contribution in [2.24, 2.45) is 5.73 Å². The maximum absolute atomic E-state index is 11.5. The molecule has 0 amide bonds. The molecule has 0 aromatic rings. The summed E-state index contributed by atoms with van der Waals surface area (Å²) in [6, 6.07) is 0. The van der Waals surface area contributed by atoms with Crippen LogP contribution in [0.4, 0.5) is 0 Å². The van der Waals surface area contributed by atoms with Crippen molar-refractivity contribution < 1.29 is 14.3 Å². The van der Waals surface area contributed by atoms with Crippen LogP contribution in [0.3, 0.4) is 0 Å². The number of nitrogens with two attached hydrogens (primary N) is 1. The second-order valence-corrected chi connectivity index (χ2v) is 5.65. The van der Waals surface area contributed by atoms with E-state index in [1.54, 1.807) is 0 Å². The first-order chi connectivity index (χ1) is 11.5. The molecule has 0 saturated carbocycles. The number of nitrogens with zero attached hydrogens (tertiary/aromatic N) is 1. The van der Waals surface area contributed by atoms with Crippen molar-refractivity contribution in [3.05, 3.63) is 24.3 Å². The van der Waals surface area contributed by atoms with Crippen LogP contribution in [0.25, 0.3) is 0 Å². The maximum Gasteiger partial charge on any atom is 0.333 e. The second-order valence-electron chi connectivity index (χ2n) is 5.65. The molecule has 6 nitrogen and oxygen atoms in total. The van der Waals surface area contributed by atoms with Crippen molar-refractivity contribution >= 4 is 17.9 Å². The van der Waals surface area contributed by atoms with E-state index in [1.165, 1.54) is 31.2 Å². The van der Waals surface area contributed by atoms with E-state index in [0.29, 0.717) is 6.42 Å². The maximum atomic E-state index is 11.5. The van der Waals surface area contributed by atoms with Gasteiger partial charge in [0.15, 0.2) is 5.96 Å². The number of allylic oxidation sites excluding steroid dienone is 4. The molecule has 0 aliphatic carbocycles. The van der Waals surface area contributed by atoms with Gasteiger partial charge >= 0.3 is 11.9 Å². The molecular formula is C18H31N3O3. The number of carbonyl (C=O) groups is 2. The molecule has 0 radical (unpaired) electrons. The lowest BCUT2D eigenvalue weighted by Crippen LogP contribution is -2.37. The zero-order valence-electron chi connectivity index (χ0n) is 14.9. The van der Waals surface area contributed by atoms with Gasteiger partial charge in [0, 0.05) is 13.5 Å². The van der Waals surface area contributed by atoms with Crippen LogP contribution in [0.1, 0.15) is 58.3 Å². The SMILES string of the molecule is CCCCCC=CCC=CCCCC(=O)OC(=O)CN(C)C(=N)N. The lowest BCUT2D eigenvalue weighted by Gasteiger charge is -2.14. The number of carbonyl (C=O) groups excluding carboxylic acids is 2. The zero-order valence-corrected chi connectivity index (χ0v) is 14.9.